The van der Waals surface area contributed by atoms with E-state index in [1.165, 1.54) is 6.26 Å². The number of carbonyl (C=O) groups excluding carboxylic acids is 1. The molecule has 2 aliphatic heterocycles. The van der Waals surface area contributed by atoms with E-state index in [2.05, 4.69) is 22.2 Å². The molecule has 2 bridgehead atoms. The summed E-state index contributed by atoms with van der Waals surface area (Å²) in [6.07, 6.45) is 3.89. The fourth-order valence-corrected chi connectivity index (χ4v) is 5.29. The number of nitrogens with one attached hydrogen (secondary N) is 2. The molecule has 2 amide bonds. The van der Waals surface area contributed by atoms with Crippen LogP contribution in [0.4, 0.5) is 4.79 Å². The zero-order chi connectivity index (χ0) is 21.8. The Hall–Kier alpha value is -2.58. The predicted octanol–water partition coefficient (Wildman–Crippen LogP) is 2.77. The van der Waals surface area contributed by atoms with E-state index in [0.29, 0.717) is 39.0 Å². The highest BCUT2D eigenvalue weighted by molar-refractivity contribution is 7.88. The normalized spacial score (nSPS) is 22.4. The number of carbonyl (C=O) groups is 1. The van der Waals surface area contributed by atoms with Gasteiger partial charge >= 0.3 is 6.03 Å². The van der Waals surface area contributed by atoms with Crippen LogP contribution in [0.5, 0.6) is 5.75 Å². The molecule has 2 aliphatic rings. The lowest BCUT2D eigenvalue weighted by molar-refractivity contribution is 0.133. The summed E-state index contributed by atoms with van der Waals surface area (Å²) in [5, 5.41) is 2.98. The molecule has 4 rings (SSSR count). The number of rotatable bonds is 2. The van der Waals surface area contributed by atoms with Gasteiger partial charge in [-0.3, -0.25) is 0 Å². The molecule has 2 aromatic carbocycles. The third kappa shape index (κ3) is 5.37. The first-order valence-electron chi connectivity index (χ1n) is 10.7. The number of benzene rings is 2. The Kier molecular flexibility index (Phi) is 6.48. The Morgan fingerprint density at radius 2 is 1.97 bits per heavy atom. The Morgan fingerprint density at radius 1 is 1.13 bits per heavy atom. The number of sulfonamides is 1. The van der Waals surface area contributed by atoms with E-state index in [1.807, 2.05) is 36.4 Å². The maximum Gasteiger partial charge on any atom is 0.317 e. The molecule has 0 radical (unpaired) electrons. The average molecular weight is 444 g/mol. The van der Waals surface area contributed by atoms with Gasteiger partial charge in [0.1, 0.15) is 5.75 Å². The van der Waals surface area contributed by atoms with Gasteiger partial charge in [0.05, 0.1) is 18.9 Å². The Bertz CT molecular complexity index is 1040. The fourth-order valence-electron chi connectivity index (χ4n) is 4.46. The van der Waals surface area contributed by atoms with Crippen molar-refractivity contribution < 1.29 is 17.9 Å². The van der Waals surface area contributed by atoms with Gasteiger partial charge in [-0.1, -0.05) is 42.5 Å². The van der Waals surface area contributed by atoms with E-state index in [-0.39, 0.29) is 18.1 Å². The lowest BCUT2D eigenvalue weighted by Crippen LogP contribution is -2.59. The number of amides is 2. The number of piperidine rings is 1. The van der Waals surface area contributed by atoms with Crippen LogP contribution in [0.1, 0.15) is 24.8 Å². The van der Waals surface area contributed by atoms with Crippen LogP contribution < -0.4 is 14.8 Å². The van der Waals surface area contributed by atoms with Gasteiger partial charge in [-0.05, 0) is 42.9 Å². The standard InChI is InChI=1S/C23H29N3O4S/c1-31(28,29)25-20-10-5-13-26-21(20)16-17-7-4-8-18(15-17)19-9-2-3-11-22(19)30-14-6-12-24-23(26)27/h2-4,7-9,11,15,20-21,25H,5-6,10,12-14,16H2,1H3,(H,24,27)/t20-,21-/m1/s1. The lowest BCUT2D eigenvalue weighted by Gasteiger charge is -2.41. The summed E-state index contributed by atoms with van der Waals surface area (Å²) in [6.45, 7) is 1.61. The number of ether oxygens (including phenoxy) is 1. The van der Waals surface area contributed by atoms with Gasteiger partial charge in [-0.2, -0.15) is 0 Å². The van der Waals surface area contributed by atoms with E-state index in [9.17, 15) is 13.2 Å². The van der Waals surface area contributed by atoms with Gasteiger partial charge < -0.3 is 15.0 Å². The van der Waals surface area contributed by atoms with Crippen LogP contribution in [0.15, 0.2) is 48.5 Å². The molecular formula is C23H29N3O4S. The molecular weight excluding hydrogens is 414 g/mol. The Balaban J connectivity index is 1.72. The van der Waals surface area contributed by atoms with Gasteiger partial charge in [0.25, 0.3) is 0 Å². The largest absolute Gasteiger partial charge is 0.493 e. The Morgan fingerprint density at radius 3 is 2.81 bits per heavy atom. The minimum absolute atomic E-state index is 0.154. The van der Waals surface area contributed by atoms with Crippen molar-refractivity contribution in [2.75, 3.05) is 26.0 Å². The summed E-state index contributed by atoms with van der Waals surface area (Å²) in [4.78, 5) is 14.7. The monoisotopic (exact) mass is 443 g/mol. The van der Waals surface area contributed by atoms with Crippen molar-refractivity contribution in [1.82, 2.24) is 14.9 Å². The summed E-state index contributed by atoms with van der Waals surface area (Å²) in [5.41, 5.74) is 3.12. The number of hydrogen-bond acceptors (Lipinski definition) is 4. The van der Waals surface area contributed by atoms with Crippen LogP contribution in [0, 0.1) is 0 Å². The molecule has 2 atom stereocenters. The molecule has 2 aromatic rings. The van der Waals surface area contributed by atoms with E-state index in [0.717, 1.165) is 28.9 Å². The molecule has 0 aliphatic carbocycles. The van der Waals surface area contributed by atoms with Gasteiger partial charge in [0, 0.05) is 24.7 Å². The molecule has 2 N–H and O–H groups in total. The number of urea groups is 1. The van der Waals surface area contributed by atoms with Crippen LogP contribution in [-0.4, -0.2) is 57.4 Å². The summed E-state index contributed by atoms with van der Waals surface area (Å²) < 4.78 is 32.7. The van der Waals surface area contributed by atoms with Crippen LogP contribution in [0.25, 0.3) is 11.1 Å². The second-order valence-electron chi connectivity index (χ2n) is 8.23. The second kappa shape index (κ2) is 9.28. The van der Waals surface area contributed by atoms with Crippen molar-refractivity contribution in [2.24, 2.45) is 0 Å². The quantitative estimate of drug-likeness (QED) is 0.747. The number of para-hydroxylation sites is 1. The maximum absolute atomic E-state index is 12.9. The third-order valence-corrected chi connectivity index (χ3v) is 6.56. The molecule has 1 fully saturated rings. The van der Waals surface area contributed by atoms with Crippen LogP contribution >= 0.6 is 0 Å². The molecule has 1 saturated heterocycles. The van der Waals surface area contributed by atoms with Crippen molar-refractivity contribution in [2.45, 2.75) is 37.8 Å². The first kappa shape index (κ1) is 21.6. The van der Waals surface area contributed by atoms with E-state index >= 15 is 0 Å². The van der Waals surface area contributed by atoms with Gasteiger partial charge in [-0.15, -0.1) is 0 Å². The topological polar surface area (TPSA) is 87.7 Å². The molecule has 2 heterocycles. The highest BCUT2D eigenvalue weighted by Crippen LogP contribution is 2.31. The Labute approximate surface area is 183 Å². The summed E-state index contributed by atoms with van der Waals surface area (Å²) in [6, 6.07) is 15.4. The SMILES string of the molecule is CS(=O)(=O)N[C@@H]1CCCN2C(=O)NCCCOc3ccccc3-c3cccc(c3)C[C@H]12. The van der Waals surface area contributed by atoms with Gasteiger partial charge in [0.15, 0.2) is 0 Å². The highest BCUT2D eigenvalue weighted by atomic mass is 32.2. The van der Waals surface area contributed by atoms with Crippen LogP contribution in [-0.2, 0) is 16.4 Å². The van der Waals surface area contributed by atoms with E-state index in [4.69, 9.17) is 4.74 Å². The summed E-state index contributed by atoms with van der Waals surface area (Å²) in [5.74, 6) is 0.818. The molecule has 0 spiro atoms. The third-order valence-electron chi connectivity index (χ3n) is 5.83. The zero-order valence-electron chi connectivity index (χ0n) is 17.7. The zero-order valence-corrected chi connectivity index (χ0v) is 18.5. The van der Waals surface area contributed by atoms with Gasteiger partial charge in [0.2, 0.25) is 10.0 Å². The molecule has 166 valence electrons. The van der Waals surface area contributed by atoms with Crippen molar-refractivity contribution in [3.63, 3.8) is 0 Å². The predicted molar refractivity (Wildman–Crippen MR) is 121 cm³/mol. The molecule has 31 heavy (non-hydrogen) atoms. The smallest absolute Gasteiger partial charge is 0.317 e. The number of fused-ring (bicyclic) bond motifs is 5. The average Bonchev–Trinajstić information content (AvgIpc) is 2.73. The summed E-state index contributed by atoms with van der Waals surface area (Å²) in [7, 11) is -3.39. The van der Waals surface area contributed by atoms with Gasteiger partial charge in [-0.25, -0.2) is 17.9 Å². The molecule has 0 saturated carbocycles. The number of nitrogens with zero attached hydrogens (tertiary/aromatic N) is 1. The first-order chi connectivity index (χ1) is 14.9. The van der Waals surface area contributed by atoms with Crippen molar-refractivity contribution in [1.29, 1.82) is 0 Å². The van der Waals surface area contributed by atoms with Crippen LogP contribution in [0.3, 0.4) is 0 Å². The van der Waals surface area contributed by atoms with E-state index in [1.54, 1.807) is 4.90 Å². The maximum atomic E-state index is 12.9. The first-order valence-corrected chi connectivity index (χ1v) is 12.6. The van der Waals surface area contributed by atoms with Crippen LogP contribution in [0.2, 0.25) is 0 Å². The van der Waals surface area contributed by atoms with Crippen molar-refractivity contribution in [3.05, 3.63) is 54.1 Å². The number of hydrogen-bond donors (Lipinski definition) is 2. The minimum Gasteiger partial charge on any atom is -0.493 e. The minimum atomic E-state index is -3.39. The fraction of sp³-hybridized carbons (Fsp3) is 0.435. The van der Waals surface area contributed by atoms with Crippen molar-refractivity contribution in [3.8, 4) is 16.9 Å². The molecule has 0 unspecified atom stereocenters. The molecule has 8 heteroatoms. The highest BCUT2D eigenvalue weighted by Gasteiger charge is 2.35. The van der Waals surface area contributed by atoms with E-state index < -0.39 is 10.0 Å². The second-order valence-corrected chi connectivity index (χ2v) is 10.0. The molecule has 0 aromatic heterocycles. The molecule has 7 nitrogen and oxygen atoms in total. The van der Waals surface area contributed by atoms with Crippen molar-refractivity contribution >= 4 is 16.1 Å². The lowest BCUT2D eigenvalue weighted by atomic mass is 9.90. The summed E-state index contributed by atoms with van der Waals surface area (Å²) >= 11 is 0.